The molecule has 1 atom stereocenters. The topological polar surface area (TPSA) is 52.5 Å². The predicted molar refractivity (Wildman–Crippen MR) is 116 cm³/mol. The van der Waals surface area contributed by atoms with E-state index in [-0.39, 0.29) is 0 Å². The number of nitrogens with zero attached hydrogens (tertiary/aromatic N) is 3. The van der Waals surface area contributed by atoms with Crippen LogP contribution < -0.4 is 15.5 Å². The molecule has 0 saturated carbocycles. The van der Waals surface area contributed by atoms with Gasteiger partial charge in [0.25, 0.3) is 0 Å². The second-order valence-corrected chi connectivity index (χ2v) is 7.59. The van der Waals surface area contributed by atoms with Crippen molar-refractivity contribution in [1.82, 2.24) is 4.98 Å². The van der Waals surface area contributed by atoms with Gasteiger partial charge in [-0.1, -0.05) is 41.7 Å². The third kappa shape index (κ3) is 4.46. The van der Waals surface area contributed by atoms with Crippen molar-refractivity contribution in [3.63, 3.8) is 0 Å². The average Bonchev–Trinajstić information content (AvgIpc) is 3.36. The lowest BCUT2D eigenvalue weighted by molar-refractivity contribution is 0.795. The van der Waals surface area contributed by atoms with Gasteiger partial charge in [-0.3, -0.25) is 4.99 Å². The van der Waals surface area contributed by atoms with E-state index in [1.807, 2.05) is 30.7 Å². The lowest BCUT2D eigenvalue weighted by Crippen LogP contribution is -2.21. The van der Waals surface area contributed by atoms with E-state index in [2.05, 4.69) is 68.8 Å². The fourth-order valence-electron chi connectivity index (χ4n) is 2.98. The van der Waals surface area contributed by atoms with Crippen LogP contribution in [-0.2, 0) is 0 Å². The number of hydrogen-bond donors (Lipinski definition) is 2. The maximum absolute atomic E-state index is 4.50. The summed E-state index contributed by atoms with van der Waals surface area (Å²) in [5.41, 5.74) is 3.47. The number of thiazole rings is 1. The largest absolute Gasteiger partial charge is 0.383 e. The Hall–Kier alpha value is -2.86. The molecule has 6 heteroatoms. The highest BCUT2D eigenvalue weighted by atomic mass is 32.1. The van der Waals surface area contributed by atoms with E-state index < -0.39 is 0 Å². The molecule has 0 aliphatic carbocycles. The Morgan fingerprint density at radius 1 is 1.04 bits per heavy atom. The Morgan fingerprint density at radius 2 is 1.81 bits per heavy atom. The molecule has 4 rings (SSSR count). The number of aliphatic imine (C=N–C) groups is 1. The third-order valence-electron chi connectivity index (χ3n) is 4.40. The summed E-state index contributed by atoms with van der Waals surface area (Å²) in [4.78, 5) is 11.1. The zero-order valence-electron chi connectivity index (χ0n) is 15.3. The summed E-state index contributed by atoms with van der Waals surface area (Å²) in [7, 11) is 0. The molecule has 27 heavy (non-hydrogen) atoms. The predicted octanol–water partition coefficient (Wildman–Crippen LogP) is 4.57. The molecule has 1 aliphatic heterocycles. The Labute approximate surface area is 163 Å². The van der Waals surface area contributed by atoms with Gasteiger partial charge >= 0.3 is 0 Å². The first-order valence-corrected chi connectivity index (χ1v) is 9.98. The molecular formula is C21H23N5S. The Morgan fingerprint density at radius 3 is 2.56 bits per heavy atom. The summed E-state index contributed by atoms with van der Waals surface area (Å²) in [6.45, 7) is 4.77. The SMILES string of the molecule is CC1CN(c2ccc(NCCNc3cnc(-c4ccccc4)s3)cc2)C=N1. The molecule has 0 amide bonds. The highest BCUT2D eigenvalue weighted by Crippen LogP contribution is 2.28. The van der Waals surface area contributed by atoms with Crippen LogP contribution in [-0.4, -0.2) is 37.0 Å². The second-order valence-electron chi connectivity index (χ2n) is 6.56. The van der Waals surface area contributed by atoms with Gasteiger partial charge in [-0.15, -0.1) is 0 Å². The van der Waals surface area contributed by atoms with E-state index in [1.54, 1.807) is 11.3 Å². The van der Waals surface area contributed by atoms with Gasteiger partial charge in [-0.25, -0.2) is 4.98 Å². The van der Waals surface area contributed by atoms with Crippen molar-refractivity contribution in [3.05, 3.63) is 60.8 Å². The zero-order valence-corrected chi connectivity index (χ0v) is 16.1. The summed E-state index contributed by atoms with van der Waals surface area (Å²) in [5.74, 6) is 0. The van der Waals surface area contributed by atoms with Crippen LogP contribution in [0.4, 0.5) is 16.4 Å². The maximum atomic E-state index is 4.50. The minimum absolute atomic E-state index is 0.378. The summed E-state index contributed by atoms with van der Waals surface area (Å²) < 4.78 is 0. The van der Waals surface area contributed by atoms with E-state index in [1.165, 1.54) is 5.69 Å². The molecule has 138 valence electrons. The van der Waals surface area contributed by atoms with Crippen LogP contribution in [0.2, 0.25) is 0 Å². The first-order chi connectivity index (χ1) is 13.3. The van der Waals surface area contributed by atoms with Crippen LogP contribution in [0.5, 0.6) is 0 Å². The van der Waals surface area contributed by atoms with Crippen LogP contribution in [0.15, 0.2) is 65.8 Å². The molecule has 2 aromatic carbocycles. The molecule has 0 fully saturated rings. The Bertz CT molecular complexity index is 888. The Balaban J connectivity index is 1.23. The molecular weight excluding hydrogens is 354 g/mol. The highest BCUT2D eigenvalue weighted by Gasteiger charge is 2.13. The van der Waals surface area contributed by atoms with Gasteiger partial charge in [0.15, 0.2) is 0 Å². The first kappa shape index (κ1) is 17.5. The van der Waals surface area contributed by atoms with Crippen LogP contribution in [0.1, 0.15) is 6.92 Å². The standard InChI is InChI=1S/C21H23N5S/c1-16-14-26(15-25-16)19-9-7-18(8-10-19)22-11-12-23-20-13-24-21(27-20)17-5-3-2-4-6-17/h2-10,13,15-16,22-23H,11-12,14H2,1H3. The van der Waals surface area contributed by atoms with Gasteiger partial charge in [0, 0.05) is 36.6 Å². The van der Waals surface area contributed by atoms with E-state index in [4.69, 9.17) is 0 Å². The van der Waals surface area contributed by atoms with Crippen molar-refractivity contribution < 1.29 is 0 Å². The molecule has 1 aliphatic rings. The number of rotatable bonds is 7. The minimum Gasteiger partial charge on any atom is -0.383 e. The van der Waals surface area contributed by atoms with Crippen molar-refractivity contribution in [2.45, 2.75) is 13.0 Å². The fraction of sp³-hybridized carbons (Fsp3) is 0.238. The molecule has 2 N–H and O–H groups in total. The number of nitrogens with one attached hydrogen (secondary N) is 2. The van der Waals surface area contributed by atoms with E-state index in [0.29, 0.717) is 6.04 Å². The van der Waals surface area contributed by atoms with Gasteiger partial charge in [-0.05, 0) is 31.2 Å². The number of anilines is 3. The van der Waals surface area contributed by atoms with Gasteiger partial charge in [0.05, 0.1) is 18.6 Å². The molecule has 0 radical (unpaired) electrons. The summed E-state index contributed by atoms with van der Waals surface area (Å²) in [5, 5.41) is 9.02. The van der Waals surface area contributed by atoms with Gasteiger partial charge in [0.1, 0.15) is 10.0 Å². The third-order valence-corrected chi connectivity index (χ3v) is 5.40. The van der Waals surface area contributed by atoms with Gasteiger partial charge in [0.2, 0.25) is 0 Å². The number of aromatic nitrogens is 1. The van der Waals surface area contributed by atoms with Crippen LogP contribution in [0, 0.1) is 0 Å². The minimum atomic E-state index is 0.378. The van der Waals surface area contributed by atoms with Crippen molar-refractivity contribution in [2.24, 2.45) is 4.99 Å². The summed E-state index contributed by atoms with van der Waals surface area (Å²) in [6.07, 6.45) is 3.83. The van der Waals surface area contributed by atoms with Gasteiger partial charge < -0.3 is 15.5 Å². The smallest absolute Gasteiger partial charge is 0.125 e. The molecule has 0 bridgehead atoms. The zero-order chi connectivity index (χ0) is 18.5. The molecule has 1 unspecified atom stereocenters. The first-order valence-electron chi connectivity index (χ1n) is 9.17. The van der Waals surface area contributed by atoms with Gasteiger partial charge in [-0.2, -0.15) is 0 Å². The molecule has 1 aromatic heterocycles. The van der Waals surface area contributed by atoms with E-state index in [9.17, 15) is 0 Å². The van der Waals surface area contributed by atoms with Crippen molar-refractivity contribution in [1.29, 1.82) is 0 Å². The van der Waals surface area contributed by atoms with Crippen LogP contribution in [0.3, 0.4) is 0 Å². The lowest BCUT2D eigenvalue weighted by Gasteiger charge is -2.16. The second kappa shape index (κ2) is 8.22. The molecule has 0 saturated heterocycles. The number of benzene rings is 2. The van der Waals surface area contributed by atoms with Crippen LogP contribution >= 0.6 is 11.3 Å². The molecule has 3 aromatic rings. The average molecular weight is 378 g/mol. The van der Waals surface area contributed by atoms with Crippen LogP contribution in [0.25, 0.3) is 10.6 Å². The molecule has 2 heterocycles. The normalized spacial score (nSPS) is 15.9. The van der Waals surface area contributed by atoms with Crippen molar-refractivity contribution in [3.8, 4) is 10.6 Å². The van der Waals surface area contributed by atoms with Crippen molar-refractivity contribution >= 4 is 34.1 Å². The molecule has 0 spiro atoms. The fourth-order valence-corrected chi connectivity index (χ4v) is 3.83. The monoisotopic (exact) mass is 377 g/mol. The quantitative estimate of drug-likeness (QED) is 0.592. The number of hydrogen-bond acceptors (Lipinski definition) is 6. The highest BCUT2D eigenvalue weighted by molar-refractivity contribution is 7.18. The van der Waals surface area contributed by atoms with Crippen molar-refractivity contribution in [2.75, 3.05) is 35.2 Å². The Kier molecular flexibility index (Phi) is 5.34. The maximum Gasteiger partial charge on any atom is 0.125 e. The summed E-state index contributed by atoms with van der Waals surface area (Å²) in [6, 6.07) is 19.1. The lowest BCUT2D eigenvalue weighted by atomic mass is 10.2. The summed E-state index contributed by atoms with van der Waals surface area (Å²) >= 11 is 1.68. The van der Waals surface area contributed by atoms with E-state index >= 15 is 0 Å². The molecule has 5 nitrogen and oxygen atoms in total. The van der Waals surface area contributed by atoms with E-state index in [0.717, 1.165) is 40.9 Å².